The van der Waals surface area contributed by atoms with Crippen molar-refractivity contribution in [3.8, 4) is 0 Å². The van der Waals surface area contributed by atoms with Gasteiger partial charge in [-0.15, -0.1) is 0 Å². The summed E-state index contributed by atoms with van der Waals surface area (Å²) in [7, 11) is -3.78. The first-order valence-electron chi connectivity index (χ1n) is 6.93. The quantitative estimate of drug-likeness (QED) is 0.739. The number of para-hydroxylation sites is 2. The van der Waals surface area contributed by atoms with E-state index in [2.05, 4.69) is 4.98 Å². The molecule has 1 heterocycles. The van der Waals surface area contributed by atoms with Crippen molar-refractivity contribution in [1.29, 1.82) is 0 Å². The number of aryl methyl sites for hydroxylation is 1. The van der Waals surface area contributed by atoms with E-state index in [1.54, 1.807) is 23.9 Å². The van der Waals surface area contributed by atoms with Gasteiger partial charge < -0.3 is 4.57 Å². The number of carbonyl (C=O) groups excluding carboxylic acids is 1. The third-order valence-corrected chi connectivity index (χ3v) is 4.72. The number of imidazole rings is 1. The van der Waals surface area contributed by atoms with Crippen LogP contribution in [0.4, 0.5) is 0 Å². The number of nitrogens with zero attached hydrogens (tertiary/aromatic N) is 2. The molecule has 0 aliphatic carbocycles. The standard InChI is InChI=1S/C16H15N3O3S/c1-11-8-12(6-7-16(11)23(17,21)22)15(20)9-19-10-18-13-4-2-3-5-14(13)19/h2-8,10H,9H2,1H3,(H2,17,21,22). The van der Waals surface area contributed by atoms with Crippen LogP contribution in [0.15, 0.2) is 53.7 Å². The molecule has 23 heavy (non-hydrogen) atoms. The molecule has 7 heteroatoms. The lowest BCUT2D eigenvalue weighted by Gasteiger charge is -2.07. The number of Topliss-reactive ketones (excluding diaryl/α,β-unsaturated/α-hetero) is 1. The van der Waals surface area contributed by atoms with Crippen LogP contribution in [0.2, 0.25) is 0 Å². The topological polar surface area (TPSA) is 95.0 Å². The van der Waals surface area contributed by atoms with Crippen molar-refractivity contribution < 1.29 is 13.2 Å². The molecule has 0 saturated carbocycles. The number of carbonyl (C=O) groups is 1. The molecule has 0 bridgehead atoms. The van der Waals surface area contributed by atoms with Crippen LogP contribution >= 0.6 is 0 Å². The number of benzene rings is 2. The lowest BCUT2D eigenvalue weighted by atomic mass is 10.1. The fraction of sp³-hybridized carbons (Fsp3) is 0.125. The van der Waals surface area contributed by atoms with E-state index in [0.717, 1.165) is 11.0 Å². The van der Waals surface area contributed by atoms with Gasteiger partial charge in [0.1, 0.15) is 0 Å². The Morgan fingerprint density at radius 2 is 1.96 bits per heavy atom. The minimum atomic E-state index is -3.78. The fourth-order valence-corrected chi connectivity index (χ4v) is 3.29. The van der Waals surface area contributed by atoms with Gasteiger partial charge in [-0.25, -0.2) is 18.5 Å². The molecule has 0 spiro atoms. The van der Waals surface area contributed by atoms with E-state index in [0.29, 0.717) is 11.1 Å². The molecule has 0 saturated heterocycles. The predicted octanol–water partition coefficient (Wildman–Crippen LogP) is 1.88. The minimum absolute atomic E-state index is 0.0298. The van der Waals surface area contributed by atoms with Gasteiger partial charge in [0, 0.05) is 5.56 Å². The largest absolute Gasteiger partial charge is 0.323 e. The van der Waals surface area contributed by atoms with Crippen LogP contribution in [-0.4, -0.2) is 23.8 Å². The van der Waals surface area contributed by atoms with E-state index in [4.69, 9.17) is 5.14 Å². The molecule has 0 amide bonds. The smallest absolute Gasteiger partial charge is 0.238 e. The molecular formula is C16H15N3O3S. The van der Waals surface area contributed by atoms with Crippen LogP contribution in [0.3, 0.4) is 0 Å². The van der Waals surface area contributed by atoms with Gasteiger partial charge in [0.2, 0.25) is 10.0 Å². The van der Waals surface area contributed by atoms with Gasteiger partial charge in [-0.1, -0.05) is 12.1 Å². The van der Waals surface area contributed by atoms with Gasteiger partial charge in [0.15, 0.2) is 5.78 Å². The van der Waals surface area contributed by atoms with Crippen molar-refractivity contribution in [3.63, 3.8) is 0 Å². The average molecular weight is 329 g/mol. The van der Waals surface area contributed by atoms with Crippen molar-refractivity contribution in [2.75, 3.05) is 0 Å². The zero-order valence-corrected chi connectivity index (χ0v) is 13.2. The summed E-state index contributed by atoms with van der Waals surface area (Å²) in [6.45, 7) is 1.75. The highest BCUT2D eigenvalue weighted by Gasteiger charge is 2.15. The number of ketones is 1. The third kappa shape index (κ3) is 3.01. The molecule has 118 valence electrons. The zero-order valence-electron chi connectivity index (χ0n) is 12.4. The monoisotopic (exact) mass is 329 g/mol. The number of hydrogen-bond donors (Lipinski definition) is 1. The van der Waals surface area contributed by atoms with Crippen molar-refractivity contribution in [3.05, 3.63) is 59.9 Å². The number of primary sulfonamides is 1. The Hall–Kier alpha value is -2.51. The normalized spacial score (nSPS) is 11.7. The molecule has 0 aliphatic heterocycles. The lowest BCUT2D eigenvalue weighted by Crippen LogP contribution is -2.15. The second kappa shape index (κ2) is 5.60. The van der Waals surface area contributed by atoms with Gasteiger partial charge in [-0.2, -0.15) is 0 Å². The summed E-state index contributed by atoms with van der Waals surface area (Å²) in [4.78, 5) is 16.7. The summed E-state index contributed by atoms with van der Waals surface area (Å²) in [5.74, 6) is -0.128. The van der Waals surface area contributed by atoms with Crippen molar-refractivity contribution >= 4 is 26.8 Å². The maximum Gasteiger partial charge on any atom is 0.238 e. The van der Waals surface area contributed by atoms with E-state index in [-0.39, 0.29) is 17.2 Å². The molecule has 3 aromatic rings. The summed E-state index contributed by atoms with van der Waals surface area (Å²) in [5.41, 5.74) is 2.58. The molecule has 2 N–H and O–H groups in total. The summed E-state index contributed by atoms with van der Waals surface area (Å²) < 4.78 is 24.6. The highest BCUT2D eigenvalue weighted by Crippen LogP contribution is 2.17. The molecule has 0 unspecified atom stereocenters. The first kappa shape index (κ1) is 15.4. The Balaban J connectivity index is 1.91. The molecule has 6 nitrogen and oxygen atoms in total. The van der Waals surface area contributed by atoms with E-state index in [1.165, 1.54) is 12.1 Å². The van der Waals surface area contributed by atoms with Crippen molar-refractivity contribution in [2.45, 2.75) is 18.4 Å². The van der Waals surface area contributed by atoms with Crippen LogP contribution in [0, 0.1) is 6.92 Å². The van der Waals surface area contributed by atoms with Gasteiger partial charge in [-0.05, 0) is 42.8 Å². The number of nitrogens with two attached hydrogens (primary N) is 1. The fourth-order valence-electron chi connectivity index (χ4n) is 2.52. The maximum atomic E-state index is 12.4. The first-order chi connectivity index (χ1) is 10.9. The lowest BCUT2D eigenvalue weighted by molar-refractivity contribution is 0.0973. The summed E-state index contributed by atoms with van der Waals surface area (Å²) in [5, 5.41) is 5.13. The molecular weight excluding hydrogens is 314 g/mol. The predicted molar refractivity (Wildman–Crippen MR) is 86.6 cm³/mol. The number of fused-ring (bicyclic) bond motifs is 1. The highest BCUT2D eigenvalue weighted by molar-refractivity contribution is 7.89. The first-order valence-corrected chi connectivity index (χ1v) is 8.47. The van der Waals surface area contributed by atoms with Gasteiger partial charge >= 0.3 is 0 Å². The number of rotatable bonds is 4. The van der Waals surface area contributed by atoms with Gasteiger partial charge in [0.25, 0.3) is 0 Å². The Kier molecular flexibility index (Phi) is 3.75. The molecule has 0 radical (unpaired) electrons. The third-order valence-electron chi connectivity index (χ3n) is 3.64. The van der Waals surface area contributed by atoms with E-state index >= 15 is 0 Å². The number of hydrogen-bond acceptors (Lipinski definition) is 4. The molecule has 0 aliphatic rings. The molecule has 2 aromatic carbocycles. The number of sulfonamides is 1. The Morgan fingerprint density at radius 3 is 2.65 bits per heavy atom. The molecule has 0 atom stereocenters. The Bertz CT molecular complexity index is 1010. The van der Waals surface area contributed by atoms with Crippen LogP contribution in [0.1, 0.15) is 15.9 Å². The molecule has 3 rings (SSSR count). The average Bonchev–Trinajstić information content (AvgIpc) is 2.89. The number of aromatic nitrogens is 2. The van der Waals surface area contributed by atoms with E-state index in [1.807, 2.05) is 24.3 Å². The van der Waals surface area contributed by atoms with Gasteiger partial charge in [0.05, 0.1) is 28.8 Å². The summed E-state index contributed by atoms with van der Waals surface area (Å²) in [6.07, 6.45) is 1.62. The maximum absolute atomic E-state index is 12.4. The minimum Gasteiger partial charge on any atom is -0.323 e. The second-order valence-electron chi connectivity index (χ2n) is 5.31. The van der Waals surface area contributed by atoms with Gasteiger partial charge in [-0.3, -0.25) is 4.79 Å². The molecule has 1 aromatic heterocycles. The van der Waals surface area contributed by atoms with Crippen LogP contribution in [0.25, 0.3) is 11.0 Å². The van der Waals surface area contributed by atoms with Crippen LogP contribution in [-0.2, 0) is 16.6 Å². The zero-order chi connectivity index (χ0) is 16.6. The van der Waals surface area contributed by atoms with Crippen molar-refractivity contribution in [2.24, 2.45) is 5.14 Å². The second-order valence-corrected chi connectivity index (χ2v) is 6.84. The van der Waals surface area contributed by atoms with E-state index < -0.39 is 10.0 Å². The SMILES string of the molecule is Cc1cc(C(=O)Cn2cnc3ccccc32)ccc1S(N)(=O)=O. The Morgan fingerprint density at radius 1 is 1.22 bits per heavy atom. The molecule has 0 fully saturated rings. The van der Waals surface area contributed by atoms with Crippen LogP contribution in [0.5, 0.6) is 0 Å². The van der Waals surface area contributed by atoms with Crippen LogP contribution < -0.4 is 5.14 Å². The van der Waals surface area contributed by atoms with Crippen molar-refractivity contribution in [1.82, 2.24) is 9.55 Å². The van der Waals surface area contributed by atoms with E-state index in [9.17, 15) is 13.2 Å². The summed E-state index contributed by atoms with van der Waals surface area (Å²) >= 11 is 0. The Labute approximate surface area is 133 Å². The summed E-state index contributed by atoms with van der Waals surface area (Å²) in [6, 6.07) is 11.9. The highest BCUT2D eigenvalue weighted by atomic mass is 32.2.